The number of carbonyl (C=O) groups excluding carboxylic acids is 3. The Bertz CT molecular complexity index is 1210. The molecule has 0 aliphatic rings. The predicted octanol–water partition coefficient (Wildman–Crippen LogP) is 4.31. The second kappa shape index (κ2) is 11.1. The van der Waals surface area contributed by atoms with Crippen LogP contribution in [0.1, 0.15) is 15.9 Å². The van der Waals surface area contributed by atoms with Crippen LogP contribution in [0.3, 0.4) is 0 Å². The number of carbonyl (C=O) groups is 3. The summed E-state index contributed by atoms with van der Waals surface area (Å²) in [4.78, 5) is 36.3. The molecule has 0 bridgehead atoms. The molecule has 0 saturated heterocycles. The highest BCUT2D eigenvalue weighted by atomic mass is 35.5. The third-order valence-corrected chi connectivity index (χ3v) is 4.63. The van der Waals surface area contributed by atoms with Gasteiger partial charge in [-0.25, -0.2) is 10.2 Å². The number of hydrazone groups is 1. The number of amides is 2. The molecule has 2 amide bonds. The van der Waals surface area contributed by atoms with Gasteiger partial charge in [0, 0.05) is 10.0 Å². The van der Waals surface area contributed by atoms with Crippen LogP contribution in [0.2, 0.25) is 10.0 Å². The van der Waals surface area contributed by atoms with Crippen LogP contribution in [0.4, 0.5) is 5.69 Å². The fraction of sp³-hybridized carbons (Fsp3) is 0.0435. The summed E-state index contributed by atoms with van der Waals surface area (Å²) in [6.45, 7) is 0. The number of rotatable bonds is 6. The first-order chi connectivity index (χ1) is 15.9. The number of hydrogen-bond acceptors (Lipinski definition) is 6. The van der Waals surface area contributed by atoms with Gasteiger partial charge in [-0.2, -0.15) is 5.10 Å². The summed E-state index contributed by atoms with van der Waals surface area (Å²) >= 11 is 11.7. The molecule has 0 unspecified atom stereocenters. The van der Waals surface area contributed by atoms with Crippen LogP contribution >= 0.6 is 23.2 Å². The van der Waals surface area contributed by atoms with E-state index < -0.39 is 17.8 Å². The van der Waals surface area contributed by atoms with Gasteiger partial charge in [0.1, 0.15) is 11.5 Å². The van der Waals surface area contributed by atoms with E-state index in [9.17, 15) is 14.4 Å². The van der Waals surface area contributed by atoms with Gasteiger partial charge in [-0.15, -0.1) is 0 Å². The highest BCUT2D eigenvalue weighted by Crippen LogP contribution is 2.27. The molecule has 3 rings (SSSR count). The third-order valence-electron chi connectivity index (χ3n) is 4.14. The first-order valence-electron chi connectivity index (χ1n) is 9.41. The number of anilines is 1. The van der Waals surface area contributed by atoms with Gasteiger partial charge in [0.05, 0.1) is 24.6 Å². The molecule has 2 N–H and O–H groups in total. The van der Waals surface area contributed by atoms with Crippen LogP contribution in [0.25, 0.3) is 0 Å². The average Bonchev–Trinajstić information content (AvgIpc) is 2.80. The molecule has 10 heteroatoms. The molecule has 0 radical (unpaired) electrons. The summed E-state index contributed by atoms with van der Waals surface area (Å²) in [7, 11) is 1.42. The maximum Gasteiger partial charge on any atom is 0.343 e. The van der Waals surface area contributed by atoms with Crippen molar-refractivity contribution in [1.82, 2.24) is 5.43 Å². The summed E-state index contributed by atoms with van der Waals surface area (Å²) in [5, 5.41) is 7.02. The summed E-state index contributed by atoms with van der Waals surface area (Å²) < 4.78 is 10.4. The smallest absolute Gasteiger partial charge is 0.343 e. The van der Waals surface area contributed by atoms with Crippen molar-refractivity contribution in [2.45, 2.75) is 0 Å². The third kappa shape index (κ3) is 6.80. The lowest BCUT2D eigenvalue weighted by Gasteiger charge is -2.09. The summed E-state index contributed by atoms with van der Waals surface area (Å²) in [6.07, 6.45) is 1.30. The Labute approximate surface area is 199 Å². The molecule has 8 nitrogen and oxygen atoms in total. The first-order valence-corrected chi connectivity index (χ1v) is 10.2. The zero-order valence-corrected chi connectivity index (χ0v) is 18.7. The van der Waals surface area contributed by atoms with E-state index in [4.69, 9.17) is 32.7 Å². The zero-order valence-electron chi connectivity index (χ0n) is 17.2. The Morgan fingerprint density at radius 2 is 1.64 bits per heavy atom. The number of nitrogens with one attached hydrogen (secondary N) is 2. The Morgan fingerprint density at radius 1 is 0.909 bits per heavy atom. The van der Waals surface area contributed by atoms with E-state index in [0.717, 1.165) is 0 Å². The van der Waals surface area contributed by atoms with Crippen molar-refractivity contribution in [2.24, 2.45) is 5.10 Å². The number of halogens is 2. The van der Waals surface area contributed by atoms with E-state index in [2.05, 4.69) is 15.8 Å². The summed E-state index contributed by atoms with van der Waals surface area (Å²) in [6, 6.07) is 17.3. The Balaban J connectivity index is 1.58. The predicted molar refractivity (Wildman–Crippen MR) is 125 cm³/mol. The van der Waals surface area contributed by atoms with E-state index in [-0.39, 0.29) is 11.4 Å². The minimum atomic E-state index is -1.00. The average molecular weight is 486 g/mol. The van der Waals surface area contributed by atoms with Gasteiger partial charge < -0.3 is 14.8 Å². The van der Waals surface area contributed by atoms with Crippen molar-refractivity contribution < 1.29 is 23.9 Å². The quantitative estimate of drug-likeness (QED) is 0.178. The summed E-state index contributed by atoms with van der Waals surface area (Å²) in [5.41, 5.74) is 3.22. The van der Waals surface area contributed by atoms with Crippen LogP contribution in [-0.2, 0) is 9.59 Å². The van der Waals surface area contributed by atoms with Crippen LogP contribution in [0, 0.1) is 0 Å². The van der Waals surface area contributed by atoms with Gasteiger partial charge in [0.15, 0.2) is 0 Å². The number of esters is 1. The molecule has 0 spiro atoms. The molecule has 168 valence electrons. The van der Waals surface area contributed by atoms with Crippen LogP contribution < -0.4 is 20.2 Å². The fourth-order valence-corrected chi connectivity index (χ4v) is 2.88. The van der Waals surface area contributed by atoms with Crippen molar-refractivity contribution in [3.63, 3.8) is 0 Å². The van der Waals surface area contributed by atoms with Crippen molar-refractivity contribution in [2.75, 3.05) is 12.4 Å². The van der Waals surface area contributed by atoms with E-state index in [1.54, 1.807) is 60.7 Å². The minimum Gasteiger partial charge on any atom is -0.495 e. The lowest BCUT2D eigenvalue weighted by atomic mass is 10.2. The number of benzene rings is 3. The molecule has 0 saturated carbocycles. The molecule has 3 aromatic carbocycles. The van der Waals surface area contributed by atoms with Crippen LogP contribution in [0.5, 0.6) is 11.5 Å². The van der Waals surface area contributed by atoms with E-state index in [1.807, 2.05) is 0 Å². The van der Waals surface area contributed by atoms with Crippen molar-refractivity contribution >= 4 is 52.9 Å². The standard InChI is InChI=1S/C23H17Cl2N3O5/c1-32-20-10-9-17(25)12-19(20)27-21(29)22(30)28-26-13-14-3-2-4-18(11-14)33-23(31)15-5-7-16(24)8-6-15/h2-13H,1H3,(H,27,29)(H,28,30)/b26-13+. The molecule has 0 aliphatic carbocycles. The number of nitrogens with zero attached hydrogens (tertiary/aromatic N) is 1. The van der Waals surface area contributed by atoms with Gasteiger partial charge in [-0.1, -0.05) is 35.3 Å². The summed E-state index contributed by atoms with van der Waals surface area (Å²) in [5.74, 6) is -1.90. The minimum absolute atomic E-state index is 0.240. The molecule has 3 aromatic rings. The SMILES string of the molecule is COc1ccc(Cl)cc1NC(=O)C(=O)N/N=C/c1cccc(OC(=O)c2ccc(Cl)cc2)c1. The first kappa shape index (κ1) is 23.8. The monoisotopic (exact) mass is 485 g/mol. The zero-order chi connectivity index (χ0) is 23.8. The van der Waals surface area contributed by atoms with Crippen LogP contribution in [-0.4, -0.2) is 31.1 Å². The normalized spacial score (nSPS) is 10.5. The number of methoxy groups -OCH3 is 1. The van der Waals surface area contributed by atoms with Gasteiger partial charge >= 0.3 is 17.8 Å². The molecule has 0 fully saturated rings. The molecule has 0 aliphatic heterocycles. The molecule has 0 heterocycles. The number of ether oxygens (including phenoxy) is 2. The second-order valence-corrected chi connectivity index (χ2v) is 7.34. The molecular weight excluding hydrogens is 469 g/mol. The Hall–Kier alpha value is -3.88. The van der Waals surface area contributed by atoms with Crippen molar-refractivity contribution in [3.05, 3.63) is 87.9 Å². The van der Waals surface area contributed by atoms with Gasteiger partial charge in [0.2, 0.25) is 0 Å². The van der Waals surface area contributed by atoms with Crippen LogP contribution in [0.15, 0.2) is 71.8 Å². The van der Waals surface area contributed by atoms with Crippen molar-refractivity contribution in [3.8, 4) is 11.5 Å². The van der Waals surface area contributed by atoms with E-state index in [0.29, 0.717) is 26.9 Å². The van der Waals surface area contributed by atoms with Gasteiger partial charge in [0.25, 0.3) is 0 Å². The lowest BCUT2D eigenvalue weighted by molar-refractivity contribution is -0.136. The van der Waals surface area contributed by atoms with E-state index in [1.165, 1.54) is 19.4 Å². The largest absolute Gasteiger partial charge is 0.495 e. The maximum absolute atomic E-state index is 12.2. The highest BCUT2D eigenvalue weighted by molar-refractivity contribution is 6.40. The Morgan fingerprint density at radius 3 is 2.36 bits per heavy atom. The number of hydrogen-bond donors (Lipinski definition) is 2. The van der Waals surface area contributed by atoms with E-state index >= 15 is 0 Å². The maximum atomic E-state index is 12.2. The fourth-order valence-electron chi connectivity index (χ4n) is 2.58. The van der Waals surface area contributed by atoms with Gasteiger partial charge in [-0.05, 0) is 60.2 Å². The van der Waals surface area contributed by atoms with Crippen molar-refractivity contribution in [1.29, 1.82) is 0 Å². The molecule has 33 heavy (non-hydrogen) atoms. The molecule has 0 atom stereocenters. The Kier molecular flexibility index (Phi) is 8.01. The molecular formula is C23H17Cl2N3O5. The second-order valence-electron chi connectivity index (χ2n) is 6.47. The topological polar surface area (TPSA) is 106 Å². The lowest BCUT2D eigenvalue weighted by Crippen LogP contribution is -2.32. The van der Waals surface area contributed by atoms with Gasteiger partial charge in [-0.3, -0.25) is 9.59 Å². The highest BCUT2D eigenvalue weighted by Gasteiger charge is 2.15. The molecule has 0 aromatic heterocycles.